The molecule has 0 aliphatic heterocycles. The molecule has 0 saturated carbocycles. The van der Waals surface area contributed by atoms with Crippen molar-refractivity contribution >= 4 is 46.4 Å². The van der Waals surface area contributed by atoms with Gasteiger partial charge in [0.1, 0.15) is 0 Å². The van der Waals surface area contributed by atoms with E-state index in [1.807, 2.05) is 0 Å². The van der Waals surface area contributed by atoms with Crippen LogP contribution in [0.2, 0.25) is 0 Å². The number of halogens is 2. The molecule has 0 heterocycles. The summed E-state index contributed by atoms with van der Waals surface area (Å²) in [6.07, 6.45) is 0. The summed E-state index contributed by atoms with van der Waals surface area (Å²) in [5.41, 5.74) is 0. The summed E-state index contributed by atoms with van der Waals surface area (Å²) >= 11 is 0. The fourth-order valence-corrected chi connectivity index (χ4v) is 2.35. The standard InChI is InChI=1S/CH3BF2O8S2.Li.H/c3-10-2(11-4)12-14(8,9)1-13(5,6)7;;/h1H2,(H,5,6,7);;. The van der Waals surface area contributed by atoms with Gasteiger partial charge in [-0.05, 0) is 0 Å². The molecule has 0 radical (unpaired) electrons. The Hall–Kier alpha value is 0.262. The number of hydrogen-bond acceptors (Lipinski definition) is 7. The van der Waals surface area contributed by atoms with Gasteiger partial charge in [0.05, 0.1) is 0 Å². The van der Waals surface area contributed by atoms with Crippen LogP contribution in [-0.2, 0) is 34.1 Å². The van der Waals surface area contributed by atoms with E-state index in [1.165, 1.54) is 0 Å². The van der Waals surface area contributed by atoms with Crippen LogP contribution in [0.1, 0.15) is 0 Å². The van der Waals surface area contributed by atoms with Crippen molar-refractivity contribution < 1.29 is 44.3 Å². The minimum atomic E-state index is -4.93. The molecule has 1 N–H and O–H groups in total. The molecule has 0 spiro atoms. The first-order valence-electron chi connectivity index (χ1n) is 2.61. The first kappa shape index (κ1) is 17.7. The molecule has 0 rings (SSSR count). The third kappa shape index (κ3) is 9.21. The Kier molecular flexibility index (Phi) is 7.96. The Bertz CT molecular complexity index is 360. The normalized spacial score (nSPS) is 11.9. The van der Waals surface area contributed by atoms with Gasteiger partial charge in [-0.1, -0.05) is 9.05 Å². The predicted octanol–water partition coefficient (Wildman–Crippen LogP) is -1.68. The van der Waals surface area contributed by atoms with Crippen molar-refractivity contribution in [2.75, 3.05) is 5.08 Å². The van der Waals surface area contributed by atoms with Crippen molar-refractivity contribution in [3.05, 3.63) is 0 Å². The molecule has 14 heteroatoms. The van der Waals surface area contributed by atoms with E-state index in [-0.39, 0.29) is 18.9 Å². The molecule has 0 aliphatic rings. The molecule has 0 atom stereocenters. The van der Waals surface area contributed by atoms with Crippen LogP contribution in [0.15, 0.2) is 0 Å². The minimum absolute atomic E-state index is 0. The summed E-state index contributed by atoms with van der Waals surface area (Å²) in [6, 6.07) is 0. The molecule has 0 aromatic heterocycles. The van der Waals surface area contributed by atoms with Gasteiger partial charge >= 0.3 is 26.2 Å². The Morgan fingerprint density at radius 2 is 1.53 bits per heavy atom. The van der Waals surface area contributed by atoms with Crippen molar-refractivity contribution in [1.82, 2.24) is 0 Å². The summed E-state index contributed by atoms with van der Waals surface area (Å²) in [6.45, 7) is 0. The second-order valence-electron chi connectivity index (χ2n) is 1.82. The zero-order valence-corrected chi connectivity index (χ0v) is 7.79. The molecular weight excluding hydrogens is 260 g/mol. The van der Waals surface area contributed by atoms with E-state index in [2.05, 4.69) is 13.8 Å². The van der Waals surface area contributed by atoms with Gasteiger partial charge in [0.15, 0.2) is 0 Å². The summed E-state index contributed by atoms with van der Waals surface area (Å²) < 4.78 is 74.8. The first-order chi connectivity index (χ1) is 6.20. The second-order valence-corrected chi connectivity index (χ2v) is 5.23. The van der Waals surface area contributed by atoms with E-state index >= 15 is 0 Å². The van der Waals surface area contributed by atoms with Gasteiger partial charge in [0.2, 0.25) is 5.08 Å². The van der Waals surface area contributed by atoms with E-state index in [4.69, 9.17) is 4.55 Å². The summed E-state index contributed by atoms with van der Waals surface area (Å²) in [7, 11) is -12.7. The SMILES string of the molecule is O=S(=O)(O)CS(=O)(=O)OB(OF)OF.[LiH]. The van der Waals surface area contributed by atoms with E-state index in [0.29, 0.717) is 0 Å². The molecule has 0 fully saturated rings. The Labute approximate surface area is 95.9 Å². The van der Waals surface area contributed by atoms with E-state index < -0.39 is 32.6 Å². The average Bonchev–Trinajstić information content (AvgIpc) is 1.95. The molecule has 0 saturated heterocycles. The van der Waals surface area contributed by atoms with Gasteiger partial charge < -0.3 is 0 Å². The molecule has 0 amide bonds. The van der Waals surface area contributed by atoms with Gasteiger partial charge in [-0.3, -0.25) is 8.65 Å². The molecule has 0 bridgehead atoms. The van der Waals surface area contributed by atoms with Crippen molar-refractivity contribution in [2.45, 2.75) is 0 Å². The van der Waals surface area contributed by atoms with Crippen molar-refractivity contribution in [1.29, 1.82) is 0 Å². The zero-order valence-electron chi connectivity index (χ0n) is 6.16. The van der Waals surface area contributed by atoms with Crippen LogP contribution in [0.3, 0.4) is 0 Å². The topological polar surface area (TPSA) is 116 Å². The predicted molar refractivity (Wildman–Crippen MR) is 43.7 cm³/mol. The molecule has 0 aromatic carbocycles. The van der Waals surface area contributed by atoms with Crippen molar-refractivity contribution in [2.24, 2.45) is 0 Å². The molecular formula is CH4BF2LiO8S2. The van der Waals surface area contributed by atoms with E-state index in [1.54, 1.807) is 0 Å². The molecule has 15 heavy (non-hydrogen) atoms. The second kappa shape index (κ2) is 6.76. The number of rotatable bonds is 6. The molecule has 0 unspecified atom stereocenters. The average molecular weight is 264 g/mol. The summed E-state index contributed by atoms with van der Waals surface area (Å²) in [5.74, 6) is 0. The Morgan fingerprint density at radius 1 is 1.13 bits per heavy atom. The van der Waals surface area contributed by atoms with Crippen LogP contribution in [-0.4, -0.2) is 52.7 Å². The summed E-state index contributed by atoms with van der Waals surface area (Å²) in [4.78, 5) is 4.95. The first-order valence-corrected chi connectivity index (χ1v) is 5.80. The van der Waals surface area contributed by atoms with Crippen molar-refractivity contribution in [3.8, 4) is 0 Å². The molecule has 0 aromatic rings. The van der Waals surface area contributed by atoms with Gasteiger partial charge in [-0.25, -0.2) is 0 Å². The van der Waals surface area contributed by atoms with Crippen LogP contribution in [0.25, 0.3) is 0 Å². The molecule has 0 aliphatic carbocycles. The van der Waals surface area contributed by atoms with Crippen molar-refractivity contribution in [3.63, 3.8) is 0 Å². The Morgan fingerprint density at radius 3 is 1.80 bits per heavy atom. The Balaban J connectivity index is 0. The van der Waals surface area contributed by atoms with E-state index in [0.717, 1.165) is 0 Å². The van der Waals surface area contributed by atoms with Crippen LogP contribution in [0.5, 0.6) is 0 Å². The van der Waals surface area contributed by atoms with Crippen LogP contribution in [0, 0.1) is 0 Å². The van der Waals surface area contributed by atoms with Crippen LogP contribution < -0.4 is 0 Å². The maximum absolute atomic E-state index is 11.2. The molecule has 8 nitrogen and oxygen atoms in total. The number of hydrogen-bond donors (Lipinski definition) is 1. The van der Waals surface area contributed by atoms with E-state index in [9.17, 15) is 25.9 Å². The monoisotopic (exact) mass is 264 g/mol. The quantitative estimate of drug-likeness (QED) is 0.446. The third-order valence-electron chi connectivity index (χ3n) is 0.664. The van der Waals surface area contributed by atoms with Crippen LogP contribution >= 0.6 is 0 Å². The van der Waals surface area contributed by atoms with Gasteiger partial charge in [0.25, 0.3) is 20.2 Å². The fourth-order valence-electron chi connectivity index (χ4n) is 0.373. The van der Waals surface area contributed by atoms with Gasteiger partial charge in [-0.15, -0.1) is 0 Å². The zero-order chi connectivity index (χ0) is 11.4. The van der Waals surface area contributed by atoms with Crippen LogP contribution in [0.4, 0.5) is 9.05 Å². The third-order valence-corrected chi connectivity index (χ3v) is 3.46. The molecule has 86 valence electrons. The summed E-state index contributed by atoms with van der Waals surface area (Å²) in [5, 5.41) is -1.89. The maximum atomic E-state index is 11.2. The van der Waals surface area contributed by atoms with Gasteiger partial charge in [0, 0.05) is 0 Å². The van der Waals surface area contributed by atoms with Gasteiger partial charge in [-0.2, -0.15) is 26.6 Å². The fraction of sp³-hybridized carbons (Fsp3) is 1.00.